The van der Waals surface area contributed by atoms with Crippen molar-refractivity contribution in [3.63, 3.8) is 0 Å². The van der Waals surface area contributed by atoms with Gasteiger partial charge in [0.1, 0.15) is 0 Å². The lowest BCUT2D eigenvalue weighted by molar-refractivity contribution is 0.193. The third kappa shape index (κ3) is 4.50. The highest BCUT2D eigenvalue weighted by atomic mass is 35.5. The lowest BCUT2D eigenvalue weighted by Crippen LogP contribution is -2.49. The molecular formula is C14H21ClN2. The van der Waals surface area contributed by atoms with Gasteiger partial charge in [-0.1, -0.05) is 42.5 Å². The van der Waals surface area contributed by atoms with E-state index in [9.17, 15) is 0 Å². The molecule has 0 radical (unpaired) electrons. The fourth-order valence-corrected chi connectivity index (χ4v) is 2.04. The molecular weight excluding hydrogens is 232 g/mol. The van der Waals surface area contributed by atoms with Crippen LogP contribution in [0.2, 0.25) is 0 Å². The van der Waals surface area contributed by atoms with Crippen LogP contribution in [0.5, 0.6) is 0 Å². The van der Waals surface area contributed by atoms with Gasteiger partial charge in [-0.05, 0) is 12.5 Å². The van der Waals surface area contributed by atoms with E-state index in [0.717, 1.165) is 26.2 Å². The van der Waals surface area contributed by atoms with E-state index in [1.165, 1.54) is 5.56 Å². The van der Waals surface area contributed by atoms with Gasteiger partial charge in [0.25, 0.3) is 0 Å². The van der Waals surface area contributed by atoms with Gasteiger partial charge >= 0.3 is 0 Å². The fraction of sp³-hybridized carbons (Fsp3) is 0.429. The largest absolute Gasteiger partial charge is 0.314 e. The summed E-state index contributed by atoms with van der Waals surface area (Å²) in [5, 5.41) is 3.41. The molecule has 0 bridgehead atoms. The van der Waals surface area contributed by atoms with Gasteiger partial charge in [-0.3, -0.25) is 4.90 Å². The topological polar surface area (TPSA) is 15.3 Å². The van der Waals surface area contributed by atoms with E-state index in [2.05, 4.69) is 59.6 Å². The van der Waals surface area contributed by atoms with E-state index in [1.54, 1.807) is 0 Å². The molecule has 0 unspecified atom stereocenters. The molecule has 1 atom stereocenters. The molecule has 1 aliphatic rings. The van der Waals surface area contributed by atoms with Crippen molar-refractivity contribution in [2.45, 2.75) is 13.0 Å². The van der Waals surface area contributed by atoms with Crippen LogP contribution in [-0.2, 0) is 0 Å². The first kappa shape index (κ1) is 14.2. The van der Waals surface area contributed by atoms with Crippen LogP contribution in [0.4, 0.5) is 0 Å². The van der Waals surface area contributed by atoms with Gasteiger partial charge in [-0.15, -0.1) is 12.4 Å². The summed E-state index contributed by atoms with van der Waals surface area (Å²) in [7, 11) is 0. The van der Waals surface area contributed by atoms with Crippen LogP contribution in [0.3, 0.4) is 0 Å². The number of piperazine rings is 1. The van der Waals surface area contributed by atoms with Crippen molar-refractivity contribution in [1.29, 1.82) is 0 Å². The van der Waals surface area contributed by atoms with Crippen LogP contribution in [0.1, 0.15) is 12.5 Å². The second kappa shape index (κ2) is 7.49. The number of benzene rings is 1. The molecule has 0 aliphatic carbocycles. The Balaban J connectivity index is 0.00000144. The van der Waals surface area contributed by atoms with Crippen molar-refractivity contribution in [2.24, 2.45) is 0 Å². The maximum Gasteiger partial charge on any atom is 0.0196 e. The van der Waals surface area contributed by atoms with Crippen LogP contribution in [0.25, 0.3) is 6.08 Å². The molecule has 2 rings (SSSR count). The minimum absolute atomic E-state index is 0. The maximum atomic E-state index is 3.41. The van der Waals surface area contributed by atoms with Crippen LogP contribution >= 0.6 is 12.4 Å². The molecule has 1 aromatic carbocycles. The molecule has 94 valence electrons. The average Bonchev–Trinajstić information content (AvgIpc) is 2.33. The molecule has 0 aromatic heterocycles. The molecule has 1 fully saturated rings. The molecule has 17 heavy (non-hydrogen) atoms. The third-order valence-corrected chi connectivity index (χ3v) is 3.09. The Morgan fingerprint density at radius 1 is 1.35 bits per heavy atom. The van der Waals surface area contributed by atoms with Crippen molar-refractivity contribution >= 4 is 18.5 Å². The smallest absolute Gasteiger partial charge is 0.0196 e. The van der Waals surface area contributed by atoms with E-state index in [1.807, 2.05) is 0 Å². The standard InChI is InChI=1S/C14H20N2.ClH/c1-13-12-15-9-11-16(13)10-5-8-14-6-3-2-4-7-14;/h2-8,13,15H,9-12H2,1H3;1H/b8-5+;/t13-;/m0./s1. The summed E-state index contributed by atoms with van der Waals surface area (Å²) in [5.41, 5.74) is 1.28. The Kier molecular flexibility index (Phi) is 6.27. The average molecular weight is 253 g/mol. The Bertz CT molecular complexity index is 337. The molecule has 0 spiro atoms. The predicted octanol–water partition coefficient (Wildman–Crippen LogP) is 2.42. The highest BCUT2D eigenvalue weighted by molar-refractivity contribution is 5.85. The van der Waals surface area contributed by atoms with Gasteiger partial charge < -0.3 is 5.32 Å². The molecule has 0 saturated carbocycles. The van der Waals surface area contributed by atoms with Crippen molar-refractivity contribution in [1.82, 2.24) is 10.2 Å². The van der Waals surface area contributed by atoms with Crippen LogP contribution in [0.15, 0.2) is 36.4 Å². The van der Waals surface area contributed by atoms with E-state index in [4.69, 9.17) is 0 Å². The number of halogens is 1. The molecule has 1 saturated heterocycles. The third-order valence-electron chi connectivity index (χ3n) is 3.09. The fourth-order valence-electron chi connectivity index (χ4n) is 2.04. The Morgan fingerprint density at radius 2 is 2.12 bits per heavy atom. The van der Waals surface area contributed by atoms with E-state index < -0.39 is 0 Å². The monoisotopic (exact) mass is 252 g/mol. The Morgan fingerprint density at radius 3 is 2.82 bits per heavy atom. The number of hydrogen-bond donors (Lipinski definition) is 1. The van der Waals surface area contributed by atoms with Gasteiger partial charge in [0.15, 0.2) is 0 Å². The molecule has 1 aliphatic heterocycles. The van der Waals surface area contributed by atoms with Crippen molar-refractivity contribution in [2.75, 3.05) is 26.2 Å². The maximum absolute atomic E-state index is 3.41. The summed E-state index contributed by atoms with van der Waals surface area (Å²) in [5.74, 6) is 0. The van der Waals surface area contributed by atoms with Crippen molar-refractivity contribution in [3.8, 4) is 0 Å². The van der Waals surface area contributed by atoms with E-state index in [0.29, 0.717) is 6.04 Å². The van der Waals surface area contributed by atoms with Crippen molar-refractivity contribution < 1.29 is 0 Å². The van der Waals surface area contributed by atoms with Gasteiger partial charge in [0.2, 0.25) is 0 Å². The lowest BCUT2D eigenvalue weighted by atomic mass is 10.2. The highest BCUT2D eigenvalue weighted by Gasteiger charge is 2.15. The number of rotatable bonds is 3. The number of hydrogen-bond acceptors (Lipinski definition) is 2. The van der Waals surface area contributed by atoms with Crippen molar-refractivity contribution in [3.05, 3.63) is 42.0 Å². The molecule has 1 heterocycles. The van der Waals surface area contributed by atoms with Gasteiger partial charge in [-0.2, -0.15) is 0 Å². The summed E-state index contributed by atoms with van der Waals surface area (Å²) >= 11 is 0. The molecule has 3 heteroatoms. The van der Waals surface area contributed by atoms with Gasteiger partial charge in [-0.25, -0.2) is 0 Å². The second-order valence-electron chi connectivity index (χ2n) is 4.36. The molecule has 2 nitrogen and oxygen atoms in total. The Labute approximate surface area is 110 Å². The minimum atomic E-state index is 0. The van der Waals surface area contributed by atoms with Crippen LogP contribution < -0.4 is 5.32 Å². The molecule has 0 amide bonds. The molecule has 1 aromatic rings. The number of nitrogens with zero attached hydrogens (tertiary/aromatic N) is 1. The summed E-state index contributed by atoms with van der Waals surface area (Å²) in [6.07, 6.45) is 4.46. The first-order valence-electron chi connectivity index (χ1n) is 6.02. The lowest BCUT2D eigenvalue weighted by Gasteiger charge is -2.32. The summed E-state index contributed by atoms with van der Waals surface area (Å²) in [4.78, 5) is 2.51. The SMILES string of the molecule is C[C@H]1CNCCN1C/C=C/c1ccccc1.Cl. The van der Waals surface area contributed by atoms with Gasteiger partial charge in [0.05, 0.1) is 0 Å². The quantitative estimate of drug-likeness (QED) is 0.889. The normalized spacial score (nSPS) is 21.4. The highest BCUT2D eigenvalue weighted by Crippen LogP contribution is 2.04. The summed E-state index contributed by atoms with van der Waals surface area (Å²) in [6, 6.07) is 11.1. The Hall–Kier alpha value is -0.830. The first-order chi connectivity index (χ1) is 7.86. The zero-order valence-corrected chi connectivity index (χ0v) is 11.1. The molecule has 1 N–H and O–H groups in total. The number of nitrogens with one attached hydrogen (secondary N) is 1. The van der Waals surface area contributed by atoms with E-state index in [-0.39, 0.29) is 12.4 Å². The van der Waals surface area contributed by atoms with E-state index >= 15 is 0 Å². The minimum Gasteiger partial charge on any atom is -0.314 e. The first-order valence-corrected chi connectivity index (χ1v) is 6.02. The second-order valence-corrected chi connectivity index (χ2v) is 4.36. The van der Waals surface area contributed by atoms with Gasteiger partial charge in [0, 0.05) is 32.2 Å². The zero-order chi connectivity index (χ0) is 11.2. The van der Waals surface area contributed by atoms with Crippen LogP contribution in [-0.4, -0.2) is 37.1 Å². The summed E-state index contributed by atoms with van der Waals surface area (Å²) < 4.78 is 0. The zero-order valence-electron chi connectivity index (χ0n) is 10.3. The summed E-state index contributed by atoms with van der Waals surface area (Å²) in [6.45, 7) is 6.71. The van der Waals surface area contributed by atoms with Crippen LogP contribution in [0, 0.1) is 0 Å². The predicted molar refractivity (Wildman–Crippen MR) is 76.6 cm³/mol.